The second-order valence-corrected chi connectivity index (χ2v) is 17.0. The van der Waals surface area contributed by atoms with Gasteiger partial charge in [-0.15, -0.1) is 0 Å². The first kappa shape index (κ1) is 42.2. The van der Waals surface area contributed by atoms with E-state index in [2.05, 4.69) is 27.3 Å². The van der Waals surface area contributed by atoms with Crippen molar-refractivity contribution >= 4 is 39.1 Å². The van der Waals surface area contributed by atoms with Crippen LogP contribution in [0.4, 0.5) is 0 Å². The van der Waals surface area contributed by atoms with Crippen molar-refractivity contribution < 1.29 is 32.5 Å². The van der Waals surface area contributed by atoms with E-state index < -0.39 is 28.1 Å². The van der Waals surface area contributed by atoms with Gasteiger partial charge in [0.25, 0.3) is 5.91 Å². The van der Waals surface area contributed by atoms with E-state index in [4.69, 9.17) is 37.4 Å². The minimum Gasteiger partial charge on any atom is -0.492 e. The third kappa shape index (κ3) is 11.2. The molecule has 6 rings (SSSR count). The number of nitrogens with zero attached hydrogens (tertiary/aromatic N) is 3. The highest BCUT2D eigenvalue weighted by molar-refractivity contribution is 7.89. The number of piperidine rings is 1. The summed E-state index contributed by atoms with van der Waals surface area (Å²) in [6.45, 7) is 5.31. The van der Waals surface area contributed by atoms with E-state index in [1.807, 2.05) is 35.1 Å². The highest BCUT2D eigenvalue weighted by Crippen LogP contribution is 2.45. The monoisotopic (exact) mass is 835 g/mol. The van der Waals surface area contributed by atoms with Crippen molar-refractivity contribution in [2.24, 2.45) is 0 Å². The predicted octanol–water partition coefficient (Wildman–Crippen LogP) is 6.74. The summed E-state index contributed by atoms with van der Waals surface area (Å²) < 4.78 is 44.4. The number of benzene rings is 3. The van der Waals surface area contributed by atoms with E-state index in [0.29, 0.717) is 52.0 Å². The molecule has 4 aromatic rings. The Kier molecular flexibility index (Phi) is 14.3. The lowest BCUT2D eigenvalue weighted by molar-refractivity contribution is -0.123. The number of carbonyl (C=O) groups is 1. The first-order valence-corrected chi connectivity index (χ1v) is 21.7. The van der Waals surface area contributed by atoms with E-state index in [0.717, 1.165) is 61.0 Å². The maximum atomic E-state index is 12.7. The van der Waals surface area contributed by atoms with Gasteiger partial charge in [0, 0.05) is 48.2 Å². The maximum absolute atomic E-state index is 12.7. The van der Waals surface area contributed by atoms with Crippen LogP contribution in [0.2, 0.25) is 10.0 Å². The summed E-state index contributed by atoms with van der Waals surface area (Å²) in [6, 6.07) is 17.8. The molecule has 1 saturated heterocycles. The van der Waals surface area contributed by atoms with Crippen LogP contribution in [-0.4, -0.2) is 74.0 Å². The van der Waals surface area contributed by atoms with Crippen LogP contribution in [0.3, 0.4) is 0 Å². The zero-order valence-electron chi connectivity index (χ0n) is 32.0. The average molecular weight is 837 g/mol. The second-order valence-electron chi connectivity index (χ2n) is 14.5. The predicted molar refractivity (Wildman–Crippen MR) is 219 cm³/mol. The number of hydrogen-bond acceptors (Lipinski definition) is 11. The zero-order valence-corrected chi connectivity index (χ0v) is 34.3. The highest BCUT2D eigenvalue weighted by Gasteiger charge is 2.30. The summed E-state index contributed by atoms with van der Waals surface area (Å²) in [6.07, 6.45) is 8.53. The molecule has 1 aromatic heterocycles. The second kappa shape index (κ2) is 19.4. The number of halogens is 2. The number of likely N-dealkylation sites (tertiary alicyclic amines) is 1. The first-order valence-electron chi connectivity index (χ1n) is 19.0. The number of aliphatic hydroxyl groups excluding tert-OH is 1. The van der Waals surface area contributed by atoms with Crippen LogP contribution in [-0.2, 0) is 34.4 Å². The lowest BCUT2D eigenvalue weighted by atomic mass is 9.96. The largest absolute Gasteiger partial charge is 0.492 e. The zero-order chi connectivity index (χ0) is 40.5. The molecular weight excluding hydrogens is 789 g/mol. The average Bonchev–Trinajstić information content (AvgIpc) is 3.60. The van der Waals surface area contributed by atoms with E-state index >= 15 is 0 Å². The molecule has 12 nitrogen and oxygen atoms in total. The Balaban J connectivity index is 1.21. The molecule has 0 radical (unpaired) electrons. The Morgan fingerprint density at radius 3 is 2.56 bits per heavy atom. The van der Waals surface area contributed by atoms with Crippen LogP contribution in [0.1, 0.15) is 72.9 Å². The van der Waals surface area contributed by atoms with Crippen molar-refractivity contribution in [2.75, 3.05) is 32.5 Å². The van der Waals surface area contributed by atoms with Gasteiger partial charge >= 0.3 is 0 Å². The number of rotatable bonds is 17. The SMILES string of the molecule is C[C@@H](O)[C@H](NCc1cc(Cl)c(O[C@H]2CCc3c(-c4cccc(OCCCN5CCCCC5)c4Cl)cccc32)cc1OCc1cncc(C#N)c1)C(=O)NS(C)(=O)=O. The summed E-state index contributed by atoms with van der Waals surface area (Å²) in [5, 5.41) is 23.5. The van der Waals surface area contributed by atoms with E-state index in [1.165, 1.54) is 32.4 Å². The van der Waals surface area contributed by atoms with Crippen molar-refractivity contribution in [2.45, 2.75) is 76.9 Å². The smallest absolute Gasteiger partial charge is 0.253 e. The van der Waals surface area contributed by atoms with Gasteiger partial charge in [-0.1, -0.05) is 60.0 Å². The Hall–Kier alpha value is -4.42. The van der Waals surface area contributed by atoms with Crippen LogP contribution in [0.5, 0.6) is 17.2 Å². The molecular formula is C42H47Cl2N5O7S. The summed E-state index contributed by atoms with van der Waals surface area (Å²) in [5.41, 5.74) is 5.56. The number of ether oxygens (including phenoxy) is 3. The van der Waals surface area contributed by atoms with Crippen molar-refractivity contribution in [1.82, 2.24) is 19.9 Å². The number of carbonyl (C=O) groups excluding carboxylic acids is 1. The fourth-order valence-corrected chi connectivity index (χ4v) is 8.31. The van der Waals surface area contributed by atoms with E-state index in [9.17, 15) is 23.6 Å². The molecule has 0 unspecified atom stereocenters. The standard InChI is InChI=1S/C42H47Cl2N5O7S/c1-27(50)41(42(51)48-57(2,52)53)47-25-30-20-35(43)39(21-38(30)55-26-29-19-28(22-45)23-46-24-29)56-36-14-13-32-31(9-6-10-33(32)36)34-11-7-12-37(40(34)44)54-18-8-17-49-15-4-3-5-16-49/h6-7,9-12,19-21,23-24,27,36,41,47,50H,3-5,8,13-18,25-26H2,1-2H3,(H,48,51)/t27-,36+,41+/m1/s1. The number of fused-ring (bicyclic) bond motifs is 1. The van der Waals surface area contributed by atoms with Gasteiger partial charge in [0.05, 0.1) is 34.6 Å². The van der Waals surface area contributed by atoms with Gasteiger partial charge in [-0.2, -0.15) is 5.26 Å². The maximum Gasteiger partial charge on any atom is 0.253 e. The van der Waals surface area contributed by atoms with Crippen molar-refractivity contribution in [3.05, 3.63) is 105 Å². The van der Waals surface area contributed by atoms with Gasteiger partial charge in [0.2, 0.25) is 10.0 Å². The fraction of sp³-hybridized carbons (Fsp3) is 0.405. The Labute approximate surface area is 344 Å². The summed E-state index contributed by atoms with van der Waals surface area (Å²) in [7, 11) is -3.87. The molecule has 1 aliphatic carbocycles. The lowest BCUT2D eigenvalue weighted by Gasteiger charge is -2.26. The first-order chi connectivity index (χ1) is 27.4. The molecule has 1 aliphatic heterocycles. The number of amides is 1. The number of nitriles is 1. The summed E-state index contributed by atoms with van der Waals surface area (Å²) in [5.74, 6) is 0.463. The number of aliphatic hydroxyl groups is 1. The van der Waals surface area contributed by atoms with Crippen LogP contribution in [0, 0.1) is 11.3 Å². The molecule has 1 fully saturated rings. The molecule has 2 heterocycles. The molecule has 3 N–H and O–H groups in total. The molecule has 3 aromatic carbocycles. The molecule has 0 bridgehead atoms. The van der Waals surface area contributed by atoms with Gasteiger partial charge < -0.3 is 24.2 Å². The van der Waals surface area contributed by atoms with Crippen molar-refractivity contribution in [3.63, 3.8) is 0 Å². The number of hydrogen-bond donors (Lipinski definition) is 3. The molecule has 0 saturated carbocycles. The number of nitrogens with one attached hydrogen (secondary N) is 2. The Morgan fingerprint density at radius 2 is 1.81 bits per heavy atom. The number of sulfonamides is 1. The number of aromatic nitrogens is 1. The normalized spacial score (nSPS) is 16.6. The quantitative estimate of drug-likeness (QED) is 0.0966. The topological polar surface area (TPSA) is 163 Å². The molecule has 302 valence electrons. The molecule has 15 heteroatoms. The molecule has 57 heavy (non-hydrogen) atoms. The third-order valence-corrected chi connectivity index (χ3v) is 11.3. The molecule has 1 amide bonds. The van der Waals surface area contributed by atoms with Crippen LogP contribution < -0.4 is 24.2 Å². The molecule has 2 aliphatic rings. The van der Waals surface area contributed by atoms with Crippen molar-refractivity contribution in [3.8, 4) is 34.4 Å². The van der Waals surface area contributed by atoms with Gasteiger partial charge in [-0.25, -0.2) is 8.42 Å². The highest BCUT2D eigenvalue weighted by atomic mass is 35.5. The van der Waals surface area contributed by atoms with Gasteiger partial charge in [-0.05, 0) is 87.0 Å². The fourth-order valence-electron chi connectivity index (χ4n) is 7.30. The molecule has 0 spiro atoms. The van der Waals surface area contributed by atoms with Crippen molar-refractivity contribution in [1.29, 1.82) is 5.26 Å². The molecule has 3 atom stereocenters. The summed E-state index contributed by atoms with van der Waals surface area (Å²) in [4.78, 5) is 19.3. The third-order valence-electron chi connectivity index (χ3n) is 10.1. The van der Waals surface area contributed by atoms with Crippen LogP contribution >= 0.6 is 23.2 Å². The van der Waals surface area contributed by atoms with Gasteiger partial charge in [0.1, 0.15) is 42.1 Å². The minimum absolute atomic E-state index is 0.0316. The minimum atomic E-state index is -3.87. The lowest BCUT2D eigenvalue weighted by Crippen LogP contribution is -2.51. The van der Waals surface area contributed by atoms with Crippen LogP contribution in [0.15, 0.2) is 67.0 Å². The number of pyridine rings is 1. The van der Waals surface area contributed by atoms with E-state index in [-0.39, 0.29) is 24.3 Å². The summed E-state index contributed by atoms with van der Waals surface area (Å²) >= 11 is 13.9. The van der Waals surface area contributed by atoms with Gasteiger partial charge in [-0.3, -0.25) is 19.8 Å². The van der Waals surface area contributed by atoms with Gasteiger partial charge in [0.15, 0.2) is 0 Å². The van der Waals surface area contributed by atoms with Crippen LogP contribution in [0.25, 0.3) is 11.1 Å². The van der Waals surface area contributed by atoms with E-state index in [1.54, 1.807) is 24.4 Å². The Bertz CT molecular complexity index is 2210. The Morgan fingerprint density at radius 1 is 1.04 bits per heavy atom.